The summed E-state index contributed by atoms with van der Waals surface area (Å²) in [6.07, 6.45) is 6.06. The summed E-state index contributed by atoms with van der Waals surface area (Å²) in [4.78, 5) is 8.44. The summed E-state index contributed by atoms with van der Waals surface area (Å²) in [5, 5.41) is 3.33. The van der Waals surface area contributed by atoms with Crippen molar-refractivity contribution in [1.82, 2.24) is 9.97 Å². The molecule has 0 saturated heterocycles. The van der Waals surface area contributed by atoms with Crippen LogP contribution in [0.25, 0.3) is 0 Å². The normalized spacial score (nSPS) is 12.4. The van der Waals surface area contributed by atoms with Crippen molar-refractivity contribution in [1.29, 1.82) is 0 Å². The highest BCUT2D eigenvalue weighted by atomic mass is 15.0. The second kappa shape index (κ2) is 8.01. The number of aryl methyl sites for hydroxylation is 1. The maximum atomic E-state index is 5.58. The zero-order valence-corrected chi connectivity index (χ0v) is 10.9. The van der Waals surface area contributed by atoms with Gasteiger partial charge in [-0.1, -0.05) is 20.3 Å². The number of nitrogens with two attached hydrogens (primary N) is 1. The first kappa shape index (κ1) is 13.9. The lowest BCUT2D eigenvalue weighted by molar-refractivity contribution is 0.529. The molecule has 4 nitrogen and oxygen atoms in total. The summed E-state index contributed by atoms with van der Waals surface area (Å²) in [5.74, 6) is 1.54. The topological polar surface area (TPSA) is 63.8 Å². The average Bonchev–Trinajstić information content (AvgIpc) is 2.35. The minimum atomic E-state index is 0.609. The van der Waals surface area contributed by atoms with Crippen LogP contribution in [0, 0.1) is 5.92 Å². The first-order valence-electron chi connectivity index (χ1n) is 6.51. The first-order valence-corrected chi connectivity index (χ1v) is 6.51. The average molecular weight is 236 g/mol. The molecule has 0 saturated carbocycles. The molecule has 1 aromatic heterocycles. The summed E-state index contributed by atoms with van der Waals surface area (Å²) < 4.78 is 0. The number of nitrogens with zero attached hydrogens (tertiary/aromatic N) is 2. The van der Waals surface area contributed by atoms with Gasteiger partial charge in [-0.15, -0.1) is 0 Å². The number of hydrogen-bond acceptors (Lipinski definition) is 4. The molecule has 0 aliphatic heterocycles. The van der Waals surface area contributed by atoms with E-state index in [9.17, 15) is 0 Å². The molecular weight excluding hydrogens is 212 g/mol. The van der Waals surface area contributed by atoms with Gasteiger partial charge in [-0.25, -0.2) is 9.97 Å². The van der Waals surface area contributed by atoms with Crippen molar-refractivity contribution in [2.45, 2.75) is 39.5 Å². The maximum absolute atomic E-state index is 5.58. The Morgan fingerprint density at radius 3 is 2.94 bits per heavy atom. The van der Waals surface area contributed by atoms with E-state index in [-0.39, 0.29) is 0 Å². The third-order valence-electron chi connectivity index (χ3n) is 2.81. The van der Waals surface area contributed by atoms with Crippen LogP contribution in [0.5, 0.6) is 0 Å². The van der Waals surface area contributed by atoms with E-state index in [0.717, 1.165) is 50.3 Å². The molecule has 0 amide bonds. The van der Waals surface area contributed by atoms with E-state index in [2.05, 4.69) is 29.1 Å². The van der Waals surface area contributed by atoms with Crippen LogP contribution in [-0.4, -0.2) is 23.1 Å². The zero-order chi connectivity index (χ0) is 12.5. The van der Waals surface area contributed by atoms with Gasteiger partial charge < -0.3 is 11.1 Å². The van der Waals surface area contributed by atoms with Crippen LogP contribution in [0.2, 0.25) is 0 Å². The lowest BCUT2D eigenvalue weighted by atomic mass is 10.1. The molecule has 17 heavy (non-hydrogen) atoms. The molecule has 0 aliphatic carbocycles. The molecule has 0 aromatic carbocycles. The van der Waals surface area contributed by atoms with Gasteiger partial charge in [0.05, 0.1) is 0 Å². The van der Waals surface area contributed by atoms with Crippen LogP contribution in [0.3, 0.4) is 0 Å². The third-order valence-corrected chi connectivity index (χ3v) is 2.81. The molecule has 3 N–H and O–H groups in total. The Labute approximate surface area is 104 Å². The van der Waals surface area contributed by atoms with Gasteiger partial charge in [0.15, 0.2) is 0 Å². The number of anilines is 1. The molecule has 1 unspecified atom stereocenters. The molecule has 0 aliphatic rings. The summed E-state index contributed by atoms with van der Waals surface area (Å²) in [6.45, 7) is 6.06. The van der Waals surface area contributed by atoms with Gasteiger partial charge >= 0.3 is 0 Å². The smallest absolute Gasteiger partial charge is 0.129 e. The number of rotatable bonds is 8. The zero-order valence-electron chi connectivity index (χ0n) is 10.9. The van der Waals surface area contributed by atoms with Gasteiger partial charge in [0, 0.05) is 18.3 Å². The second-order valence-corrected chi connectivity index (χ2v) is 4.55. The van der Waals surface area contributed by atoms with Crippen molar-refractivity contribution < 1.29 is 0 Å². The van der Waals surface area contributed by atoms with Gasteiger partial charge in [-0.05, 0) is 31.7 Å². The third kappa shape index (κ3) is 5.63. The first-order chi connectivity index (χ1) is 8.26. The number of hydrogen-bond donors (Lipinski definition) is 2. The Morgan fingerprint density at radius 2 is 2.24 bits per heavy atom. The van der Waals surface area contributed by atoms with E-state index in [1.807, 2.05) is 6.07 Å². The largest absolute Gasteiger partial charge is 0.370 e. The summed E-state index contributed by atoms with van der Waals surface area (Å²) in [5.41, 5.74) is 6.69. The van der Waals surface area contributed by atoms with E-state index < -0.39 is 0 Å². The van der Waals surface area contributed by atoms with Gasteiger partial charge in [-0.3, -0.25) is 0 Å². The van der Waals surface area contributed by atoms with Crippen molar-refractivity contribution >= 4 is 5.82 Å². The predicted molar refractivity (Wildman–Crippen MR) is 72.0 cm³/mol. The molecule has 0 fully saturated rings. The number of nitrogens with one attached hydrogen (secondary N) is 1. The van der Waals surface area contributed by atoms with E-state index in [1.165, 1.54) is 0 Å². The Kier molecular flexibility index (Phi) is 6.55. The molecule has 0 bridgehead atoms. The fourth-order valence-electron chi connectivity index (χ4n) is 1.67. The molecule has 0 radical (unpaired) electrons. The van der Waals surface area contributed by atoms with Crippen molar-refractivity contribution in [3.8, 4) is 0 Å². The van der Waals surface area contributed by atoms with E-state index in [0.29, 0.717) is 5.92 Å². The molecule has 1 heterocycles. The highest BCUT2D eigenvalue weighted by molar-refractivity contribution is 5.34. The Balaban J connectivity index is 2.28. The Morgan fingerprint density at radius 1 is 1.41 bits per heavy atom. The Bertz CT molecular complexity index is 314. The highest BCUT2D eigenvalue weighted by Gasteiger charge is 2.00. The molecule has 0 spiro atoms. The van der Waals surface area contributed by atoms with Gasteiger partial charge in [0.1, 0.15) is 12.1 Å². The van der Waals surface area contributed by atoms with Crippen LogP contribution in [0.4, 0.5) is 5.82 Å². The van der Waals surface area contributed by atoms with Crippen LogP contribution < -0.4 is 11.1 Å². The molecular formula is C13H24N4. The molecule has 96 valence electrons. The fraction of sp³-hybridized carbons (Fsp3) is 0.692. The SMILES string of the molecule is CCCc1cc(NCCCC(C)CN)ncn1. The van der Waals surface area contributed by atoms with Gasteiger partial charge in [0.2, 0.25) is 0 Å². The predicted octanol–water partition coefficient (Wildman–Crippen LogP) is 2.22. The second-order valence-electron chi connectivity index (χ2n) is 4.55. The molecule has 4 heteroatoms. The monoisotopic (exact) mass is 236 g/mol. The van der Waals surface area contributed by atoms with Crippen LogP contribution >= 0.6 is 0 Å². The standard InChI is InChI=1S/C13H24N4/c1-3-5-12-8-13(17-10-16-12)15-7-4-6-11(2)9-14/h8,10-11H,3-7,9,14H2,1-2H3,(H,15,16,17). The van der Waals surface area contributed by atoms with Crippen LogP contribution in [0.1, 0.15) is 38.8 Å². The van der Waals surface area contributed by atoms with Crippen molar-refractivity contribution in [3.05, 3.63) is 18.1 Å². The fourth-order valence-corrected chi connectivity index (χ4v) is 1.67. The minimum absolute atomic E-state index is 0.609. The lowest BCUT2D eigenvalue weighted by Gasteiger charge is -2.09. The number of aromatic nitrogens is 2. The molecule has 1 aromatic rings. The van der Waals surface area contributed by atoms with Crippen molar-refractivity contribution in [2.24, 2.45) is 11.7 Å². The summed E-state index contributed by atoms with van der Waals surface area (Å²) in [6, 6.07) is 2.04. The van der Waals surface area contributed by atoms with Crippen molar-refractivity contribution in [3.63, 3.8) is 0 Å². The summed E-state index contributed by atoms with van der Waals surface area (Å²) in [7, 11) is 0. The van der Waals surface area contributed by atoms with E-state index >= 15 is 0 Å². The highest BCUT2D eigenvalue weighted by Crippen LogP contribution is 2.07. The van der Waals surface area contributed by atoms with Crippen LogP contribution in [0.15, 0.2) is 12.4 Å². The van der Waals surface area contributed by atoms with E-state index in [4.69, 9.17) is 5.73 Å². The minimum Gasteiger partial charge on any atom is -0.370 e. The quantitative estimate of drug-likeness (QED) is 0.679. The summed E-state index contributed by atoms with van der Waals surface area (Å²) >= 11 is 0. The van der Waals surface area contributed by atoms with Crippen molar-refractivity contribution in [2.75, 3.05) is 18.4 Å². The molecule has 1 atom stereocenters. The van der Waals surface area contributed by atoms with Gasteiger partial charge in [-0.2, -0.15) is 0 Å². The molecule has 1 rings (SSSR count). The van der Waals surface area contributed by atoms with Gasteiger partial charge in [0.25, 0.3) is 0 Å². The van der Waals surface area contributed by atoms with E-state index in [1.54, 1.807) is 6.33 Å². The lowest BCUT2D eigenvalue weighted by Crippen LogP contribution is -2.12. The maximum Gasteiger partial charge on any atom is 0.129 e. The van der Waals surface area contributed by atoms with Crippen LogP contribution in [-0.2, 0) is 6.42 Å². The Hall–Kier alpha value is -1.16.